The van der Waals surface area contributed by atoms with Gasteiger partial charge in [-0.1, -0.05) is 58.3 Å². The molecule has 0 radical (unpaired) electrons. The number of carbonyl (C=O) groups is 1. The van der Waals surface area contributed by atoms with E-state index in [0.717, 1.165) is 19.3 Å². The van der Waals surface area contributed by atoms with Gasteiger partial charge in [0.25, 0.3) is 0 Å². The van der Waals surface area contributed by atoms with Crippen molar-refractivity contribution in [3.05, 3.63) is 0 Å². The molecular weight excluding hydrogens is 250 g/mol. The van der Waals surface area contributed by atoms with Crippen LogP contribution >= 0.6 is 0 Å². The van der Waals surface area contributed by atoms with Crippen LogP contribution in [0.3, 0.4) is 0 Å². The van der Waals surface area contributed by atoms with Crippen LogP contribution in [0.4, 0.5) is 0 Å². The van der Waals surface area contributed by atoms with Crippen molar-refractivity contribution < 1.29 is 9.90 Å². The summed E-state index contributed by atoms with van der Waals surface area (Å²) in [5.74, 6) is 0.166. The van der Waals surface area contributed by atoms with Crippen LogP contribution in [0.25, 0.3) is 0 Å². The first-order valence-corrected chi connectivity index (χ1v) is 8.60. The number of unbranched alkanes of at least 4 members (excludes halogenated alkanes) is 5. The molecular formula is C17H33NO2. The Balaban J connectivity index is 2.09. The van der Waals surface area contributed by atoms with Crippen LogP contribution in [-0.4, -0.2) is 24.2 Å². The van der Waals surface area contributed by atoms with E-state index in [1.165, 1.54) is 51.4 Å². The first-order valence-electron chi connectivity index (χ1n) is 8.60. The van der Waals surface area contributed by atoms with Crippen LogP contribution in [0.2, 0.25) is 0 Å². The van der Waals surface area contributed by atoms with E-state index in [1.54, 1.807) is 0 Å². The normalized spacial score (nSPS) is 17.9. The van der Waals surface area contributed by atoms with Crippen molar-refractivity contribution in [1.82, 2.24) is 5.32 Å². The molecule has 20 heavy (non-hydrogen) atoms. The van der Waals surface area contributed by atoms with Crippen molar-refractivity contribution in [1.29, 1.82) is 0 Å². The number of carbonyl (C=O) groups excluding carboxylic acids is 1. The molecule has 1 aliphatic carbocycles. The number of rotatable bonds is 10. The molecule has 0 saturated heterocycles. The zero-order chi connectivity index (χ0) is 14.7. The van der Waals surface area contributed by atoms with Gasteiger partial charge in [-0.05, 0) is 19.3 Å². The molecule has 0 aromatic carbocycles. The van der Waals surface area contributed by atoms with Crippen molar-refractivity contribution in [2.75, 3.05) is 13.2 Å². The van der Waals surface area contributed by atoms with Gasteiger partial charge in [-0.25, -0.2) is 0 Å². The van der Waals surface area contributed by atoms with Gasteiger partial charge < -0.3 is 10.4 Å². The molecule has 1 fully saturated rings. The molecule has 2 N–H and O–H groups in total. The Kier molecular flexibility index (Phi) is 8.92. The Hall–Kier alpha value is -0.570. The molecule has 0 heterocycles. The monoisotopic (exact) mass is 283 g/mol. The Labute approximate surface area is 124 Å². The zero-order valence-electron chi connectivity index (χ0n) is 13.3. The first-order chi connectivity index (χ1) is 9.72. The second-order valence-electron chi connectivity index (χ2n) is 6.51. The molecule has 0 bridgehead atoms. The molecule has 1 amide bonds. The van der Waals surface area contributed by atoms with E-state index in [9.17, 15) is 9.90 Å². The Morgan fingerprint density at radius 1 is 1.05 bits per heavy atom. The Morgan fingerprint density at radius 3 is 2.35 bits per heavy atom. The smallest absolute Gasteiger partial charge is 0.220 e. The van der Waals surface area contributed by atoms with E-state index in [-0.39, 0.29) is 17.9 Å². The number of amides is 1. The molecule has 3 nitrogen and oxygen atoms in total. The molecule has 0 atom stereocenters. The van der Waals surface area contributed by atoms with Crippen LogP contribution in [0.15, 0.2) is 0 Å². The van der Waals surface area contributed by atoms with E-state index in [4.69, 9.17) is 0 Å². The molecule has 0 aliphatic heterocycles. The molecule has 0 spiro atoms. The summed E-state index contributed by atoms with van der Waals surface area (Å²) in [4.78, 5) is 11.8. The Bertz CT molecular complexity index is 260. The second kappa shape index (κ2) is 10.2. The van der Waals surface area contributed by atoms with Crippen molar-refractivity contribution >= 4 is 5.91 Å². The summed E-state index contributed by atoms with van der Waals surface area (Å²) in [6.45, 7) is 3.10. The SMILES string of the molecule is CCCCCCCCC(=O)NCC1(CO)CCCCC1. The van der Waals surface area contributed by atoms with Gasteiger partial charge in [0.1, 0.15) is 0 Å². The highest BCUT2D eigenvalue weighted by molar-refractivity contribution is 5.75. The third kappa shape index (κ3) is 6.74. The van der Waals surface area contributed by atoms with Crippen LogP contribution in [0.5, 0.6) is 0 Å². The molecule has 3 heteroatoms. The van der Waals surface area contributed by atoms with Crippen LogP contribution in [0, 0.1) is 5.41 Å². The lowest BCUT2D eigenvalue weighted by Gasteiger charge is -2.35. The van der Waals surface area contributed by atoms with Crippen molar-refractivity contribution in [3.63, 3.8) is 0 Å². The van der Waals surface area contributed by atoms with Crippen LogP contribution in [0.1, 0.15) is 84.0 Å². The maximum atomic E-state index is 11.8. The summed E-state index contributed by atoms with van der Waals surface area (Å²) >= 11 is 0. The number of aliphatic hydroxyl groups is 1. The highest BCUT2D eigenvalue weighted by atomic mass is 16.3. The minimum atomic E-state index is -0.0327. The van der Waals surface area contributed by atoms with Gasteiger partial charge in [-0.2, -0.15) is 0 Å². The predicted molar refractivity (Wildman–Crippen MR) is 83.6 cm³/mol. The fraction of sp³-hybridized carbons (Fsp3) is 0.941. The predicted octanol–water partition coefficient (Wildman–Crippen LogP) is 3.80. The third-order valence-corrected chi connectivity index (χ3v) is 4.67. The van der Waals surface area contributed by atoms with Gasteiger partial charge in [0, 0.05) is 18.4 Å². The summed E-state index contributed by atoms with van der Waals surface area (Å²) in [5, 5.41) is 12.6. The summed E-state index contributed by atoms with van der Waals surface area (Å²) in [6, 6.07) is 0. The molecule has 1 aliphatic rings. The molecule has 0 aromatic heterocycles. The van der Waals surface area contributed by atoms with E-state index < -0.39 is 0 Å². The minimum Gasteiger partial charge on any atom is -0.396 e. The zero-order valence-corrected chi connectivity index (χ0v) is 13.3. The summed E-state index contributed by atoms with van der Waals surface area (Å²) < 4.78 is 0. The molecule has 1 saturated carbocycles. The maximum absolute atomic E-state index is 11.8. The van der Waals surface area contributed by atoms with Crippen LogP contribution in [-0.2, 0) is 4.79 Å². The van der Waals surface area contributed by atoms with Gasteiger partial charge in [-0.15, -0.1) is 0 Å². The highest BCUT2D eigenvalue weighted by Gasteiger charge is 2.31. The largest absolute Gasteiger partial charge is 0.396 e. The standard InChI is InChI=1S/C17H33NO2/c1-2-3-4-5-6-8-11-16(20)18-14-17(15-19)12-9-7-10-13-17/h19H,2-15H2,1H3,(H,18,20). The maximum Gasteiger partial charge on any atom is 0.220 e. The molecule has 118 valence electrons. The van der Waals surface area contributed by atoms with Gasteiger partial charge in [-0.3, -0.25) is 4.79 Å². The quantitative estimate of drug-likeness (QED) is 0.599. The average molecular weight is 283 g/mol. The number of hydrogen-bond acceptors (Lipinski definition) is 2. The summed E-state index contributed by atoms with van der Waals surface area (Å²) in [7, 11) is 0. The fourth-order valence-electron chi connectivity index (χ4n) is 3.13. The fourth-order valence-corrected chi connectivity index (χ4v) is 3.13. The first kappa shape index (κ1) is 17.5. The summed E-state index contributed by atoms with van der Waals surface area (Å²) in [6.07, 6.45) is 13.7. The van der Waals surface area contributed by atoms with Gasteiger partial charge in [0.15, 0.2) is 0 Å². The van der Waals surface area contributed by atoms with Gasteiger partial charge in [0.2, 0.25) is 5.91 Å². The lowest BCUT2D eigenvalue weighted by atomic mass is 9.74. The number of aliphatic hydroxyl groups excluding tert-OH is 1. The lowest BCUT2D eigenvalue weighted by Crippen LogP contribution is -2.41. The van der Waals surface area contributed by atoms with E-state index in [2.05, 4.69) is 12.2 Å². The van der Waals surface area contributed by atoms with E-state index in [0.29, 0.717) is 13.0 Å². The van der Waals surface area contributed by atoms with Crippen molar-refractivity contribution in [3.8, 4) is 0 Å². The van der Waals surface area contributed by atoms with Gasteiger partial charge >= 0.3 is 0 Å². The molecule has 1 rings (SSSR count). The lowest BCUT2D eigenvalue weighted by molar-refractivity contribution is -0.122. The second-order valence-corrected chi connectivity index (χ2v) is 6.51. The topological polar surface area (TPSA) is 49.3 Å². The molecule has 0 aromatic rings. The highest BCUT2D eigenvalue weighted by Crippen LogP contribution is 2.35. The van der Waals surface area contributed by atoms with Crippen molar-refractivity contribution in [2.45, 2.75) is 84.0 Å². The molecule has 0 unspecified atom stereocenters. The number of nitrogens with one attached hydrogen (secondary N) is 1. The Morgan fingerprint density at radius 2 is 1.70 bits per heavy atom. The van der Waals surface area contributed by atoms with Gasteiger partial charge in [0.05, 0.1) is 6.61 Å². The summed E-state index contributed by atoms with van der Waals surface area (Å²) in [5.41, 5.74) is -0.0327. The van der Waals surface area contributed by atoms with E-state index >= 15 is 0 Å². The minimum absolute atomic E-state index is 0.0327. The van der Waals surface area contributed by atoms with Crippen molar-refractivity contribution in [2.24, 2.45) is 5.41 Å². The van der Waals surface area contributed by atoms with Crippen LogP contribution < -0.4 is 5.32 Å². The average Bonchev–Trinajstić information content (AvgIpc) is 2.49. The number of hydrogen-bond donors (Lipinski definition) is 2. The third-order valence-electron chi connectivity index (χ3n) is 4.67. The van der Waals surface area contributed by atoms with E-state index in [1.807, 2.05) is 0 Å².